The third kappa shape index (κ3) is 3.72. The molecule has 0 aromatic carbocycles. The summed E-state index contributed by atoms with van der Waals surface area (Å²) >= 11 is 11.6. The van der Waals surface area contributed by atoms with Crippen LogP contribution in [0.4, 0.5) is 0 Å². The first-order valence-corrected chi connectivity index (χ1v) is 11.5. The van der Waals surface area contributed by atoms with Crippen molar-refractivity contribution < 1.29 is 15.2 Å². The molecule has 0 spiro atoms. The van der Waals surface area contributed by atoms with Gasteiger partial charge in [-0.3, -0.25) is 0 Å². The molecule has 1 heterocycles. The number of nitrogens with zero attached hydrogens (tertiary/aromatic N) is 1. The van der Waals surface area contributed by atoms with Crippen LogP contribution in [0.3, 0.4) is 0 Å². The fraction of sp³-hybridized carbons (Fsp3) is 0.909. The van der Waals surface area contributed by atoms with Gasteiger partial charge in [-0.05, 0) is 97.2 Å². The van der Waals surface area contributed by atoms with Gasteiger partial charge in [-0.2, -0.15) is 7.05 Å². The second-order valence-corrected chi connectivity index (χ2v) is 11.3. The summed E-state index contributed by atoms with van der Waals surface area (Å²) in [4.78, 5) is 4.65. The zero-order valence-electron chi connectivity index (χ0n) is 18.0. The Balaban J connectivity index is 2.03. The van der Waals surface area contributed by atoms with E-state index in [4.69, 9.17) is 28.6 Å². The van der Waals surface area contributed by atoms with Gasteiger partial charge in [0.2, 0.25) is 0 Å². The number of hydrogen-bond donors (Lipinski definition) is 2. The second kappa shape index (κ2) is 7.59. The molecule has 8 atom stereocenters. The number of thiocarbonyl (C=S) groups is 1. The van der Waals surface area contributed by atoms with Crippen molar-refractivity contribution in [1.29, 1.82) is 0 Å². The summed E-state index contributed by atoms with van der Waals surface area (Å²) in [6, 6.07) is 0.00783. The Bertz CT molecular complexity index is 650. The molecule has 0 aromatic heterocycles. The Morgan fingerprint density at radius 3 is 2.32 bits per heavy atom. The quantitative estimate of drug-likeness (QED) is 0.312. The van der Waals surface area contributed by atoms with Gasteiger partial charge in [-0.15, -0.1) is 11.6 Å². The van der Waals surface area contributed by atoms with Crippen molar-refractivity contribution in [2.75, 3.05) is 0 Å². The lowest BCUT2D eigenvalue weighted by Gasteiger charge is -2.60. The zero-order valence-corrected chi connectivity index (χ0v) is 19.6. The molecule has 0 amide bonds. The number of nitrogens with two attached hydrogens (primary N) is 1. The van der Waals surface area contributed by atoms with E-state index in [2.05, 4.69) is 44.9 Å². The summed E-state index contributed by atoms with van der Waals surface area (Å²) in [5.74, 6) is 0.908. The summed E-state index contributed by atoms with van der Waals surface area (Å²) in [6.07, 6.45) is 5.55. The first-order chi connectivity index (χ1) is 12.9. The van der Waals surface area contributed by atoms with E-state index >= 15 is 0 Å². The molecule has 1 saturated heterocycles. The highest BCUT2D eigenvalue weighted by atomic mass is 35.5. The van der Waals surface area contributed by atoms with Crippen LogP contribution < -0.4 is 5.32 Å². The molecule has 0 aromatic rings. The smallest absolute Gasteiger partial charge is 0.111 e. The molecule has 0 radical (unpaired) electrons. The summed E-state index contributed by atoms with van der Waals surface area (Å²) in [7, 11) is 4.12. The van der Waals surface area contributed by atoms with Crippen molar-refractivity contribution >= 4 is 29.0 Å². The van der Waals surface area contributed by atoms with Crippen molar-refractivity contribution in [3.63, 3.8) is 0 Å². The van der Waals surface area contributed by atoms with E-state index in [9.17, 15) is 5.11 Å². The summed E-state index contributed by atoms with van der Waals surface area (Å²) in [5.41, 5.74) is -1.61. The van der Waals surface area contributed by atoms with Gasteiger partial charge >= 0.3 is 0 Å². The Kier molecular flexibility index (Phi) is 6.14. The number of hydrogen-bond acceptors (Lipinski definition) is 4. The Morgan fingerprint density at radius 1 is 1.11 bits per heavy atom. The summed E-state index contributed by atoms with van der Waals surface area (Å²) < 4.78 is 6.74. The lowest BCUT2D eigenvalue weighted by atomic mass is 9.51. The van der Waals surface area contributed by atoms with Crippen LogP contribution in [-0.2, 0) is 4.74 Å². The van der Waals surface area contributed by atoms with Gasteiger partial charge in [0.25, 0.3) is 0 Å². The molecule has 4 nitrogen and oxygen atoms in total. The second-order valence-electron chi connectivity index (χ2n) is 10.6. The van der Waals surface area contributed by atoms with Crippen LogP contribution >= 0.6 is 23.8 Å². The molecule has 2 aliphatic carbocycles. The maximum absolute atomic E-state index is 11.2. The molecule has 0 bridgehead atoms. The van der Waals surface area contributed by atoms with Crippen molar-refractivity contribution in [3.05, 3.63) is 7.05 Å². The minimum absolute atomic E-state index is 0.00783. The van der Waals surface area contributed by atoms with E-state index in [0.717, 1.165) is 38.5 Å². The summed E-state index contributed by atoms with van der Waals surface area (Å²) in [5, 5.41) is 15.9. The predicted octanol–water partition coefficient (Wildman–Crippen LogP) is 3.71. The standard InChI is InChI=1S/C22H37ClN2O2S/c1-19(2)16(23)9-12-22(5,27-19)15-7-10-20(3,25-13-28)14-8-11-21(4,26)18(24-6)17(14)15/h14-18,26H,6-12,24H2,1-5H3/t14-,15-,16-,17-,18+,20+,21+,22+/m0/s1. The molecule has 28 heavy (non-hydrogen) atoms. The highest BCUT2D eigenvalue weighted by Gasteiger charge is 2.62. The topological polar surface area (TPSA) is 58.4 Å². The monoisotopic (exact) mass is 428 g/mol. The Hall–Kier alpha value is -0.0300. The van der Waals surface area contributed by atoms with E-state index in [1.165, 1.54) is 0 Å². The molecule has 3 aliphatic rings. The largest absolute Gasteiger partial charge is 0.474 e. The first-order valence-electron chi connectivity index (χ1n) is 10.7. The highest BCUT2D eigenvalue weighted by Crippen LogP contribution is 2.57. The molecule has 3 fully saturated rings. The van der Waals surface area contributed by atoms with Crippen molar-refractivity contribution in [1.82, 2.24) is 0 Å². The minimum atomic E-state index is -0.754. The molecular formula is C22H37ClN2O2S. The number of ether oxygens (including phenoxy) is 1. The van der Waals surface area contributed by atoms with Gasteiger partial charge < -0.3 is 15.2 Å². The van der Waals surface area contributed by atoms with Gasteiger partial charge in [0.15, 0.2) is 0 Å². The molecule has 2 saturated carbocycles. The van der Waals surface area contributed by atoms with Crippen molar-refractivity contribution in [3.8, 4) is 0 Å². The van der Waals surface area contributed by atoms with E-state index in [-0.39, 0.29) is 34.1 Å². The van der Waals surface area contributed by atoms with E-state index in [0.29, 0.717) is 11.8 Å². The average Bonchev–Trinajstić information content (AvgIpc) is 2.57. The van der Waals surface area contributed by atoms with Crippen molar-refractivity contribution in [2.24, 2.45) is 22.7 Å². The number of aliphatic hydroxyl groups is 1. The van der Waals surface area contributed by atoms with Gasteiger partial charge in [0.1, 0.15) is 5.60 Å². The predicted molar refractivity (Wildman–Crippen MR) is 117 cm³/mol. The van der Waals surface area contributed by atoms with Gasteiger partial charge in [0, 0.05) is 5.92 Å². The third-order valence-corrected chi connectivity index (χ3v) is 9.10. The van der Waals surface area contributed by atoms with E-state index < -0.39 is 5.60 Å². The molecule has 0 unspecified atom stereocenters. The SMILES string of the molecule is [CH2-][NH2+][C@@H]1[C@H]2[C@H](CC[C@@]1(C)O)[C@](C)(N=C=S)CC[C@@H]2[C@@]1(C)CC[C@H](Cl)C(C)(C)O1. The molecular weight excluding hydrogens is 392 g/mol. The number of alkyl halides is 1. The number of rotatable bonds is 3. The highest BCUT2D eigenvalue weighted by molar-refractivity contribution is 7.78. The van der Waals surface area contributed by atoms with Crippen LogP contribution in [0, 0.1) is 24.8 Å². The zero-order chi connectivity index (χ0) is 21.0. The van der Waals surface area contributed by atoms with Crippen LogP contribution in [0.2, 0.25) is 0 Å². The number of quaternary nitrogens is 1. The molecule has 6 heteroatoms. The number of fused-ring (bicyclic) bond motifs is 1. The Morgan fingerprint density at radius 2 is 1.75 bits per heavy atom. The maximum atomic E-state index is 11.2. The fourth-order valence-corrected chi connectivity index (χ4v) is 7.02. The van der Waals surface area contributed by atoms with Crippen molar-refractivity contribution in [2.45, 2.75) is 107 Å². The first kappa shape index (κ1) is 22.7. The summed E-state index contributed by atoms with van der Waals surface area (Å²) in [6.45, 7) is 10.6. The molecule has 160 valence electrons. The number of halogens is 1. The lowest BCUT2D eigenvalue weighted by Crippen LogP contribution is -2.93. The van der Waals surface area contributed by atoms with E-state index in [1.54, 1.807) is 0 Å². The van der Waals surface area contributed by atoms with Gasteiger partial charge in [-0.1, -0.05) is 0 Å². The number of isothiocyanates is 1. The minimum Gasteiger partial charge on any atom is -0.474 e. The van der Waals surface area contributed by atoms with Crippen LogP contribution in [-0.4, -0.2) is 44.0 Å². The van der Waals surface area contributed by atoms with Crippen LogP contribution in [0.1, 0.15) is 73.1 Å². The normalized spacial score (nSPS) is 51.1. The average molecular weight is 429 g/mol. The Labute approximate surface area is 180 Å². The fourth-order valence-electron chi connectivity index (χ4n) is 6.66. The third-order valence-electron chi connectivity index (χ3n) is 8.27. The lowest BCUT2D eigenvalue weighted by molar-refractivity contribution is -0.666. The van der Waals surface area contributed by atoms with Crippen LogP contribution in [0.15, 0.2) is 4.99 Å². The molecule has 1 aliphatic heterocycles. The molecule has 3 N–H and O–H groups in total. The number of aliphatic imine (C=N–C) groups is 1. The van der Waals surface area contributed by atoms with Crippen LogP contribution in [0.25, 0.3) is 0 Å². The maximum Gasteiger partial charge on any atom is 0.111 e. The molecule has 3 rings (SSSR count). The van der Waals surface area contributed by atoms with Gasteiger partial charge in [0.05, 0.1) is 33.3 Å². The van der Waals surface area contributed by atoms with Crippen LogP contribution in [0.5, 0.6) is 0 Å². The van der Waals surface area contributed by atoms with E-state index in [1.807, 2.05) is 12.2 Å². The van der Waals surface area contributed by atoms with Gasteiger partial charge in [-0.25, -0.2) is 4.99 Å².